The number of aryl methyl sites for hydroxylation is 2. The molecule has 2 aromatic rings. The highest BCUT2D eigenvalue weighted by Gasteiger charge is 2.41. The fraction of sp³-hybridized carbons (Fsp3) is 0.562. The van der Waals surface area contributed by atoms with E-state index in [1.165, 1.54) is 10.9 Å². The van der Waals surface area contributed by atoms with Crippen molar-refractivity contribution in [3.8, 4) is 0 Å². The topological polar surface area (TPSA) is 86.8 Å². The van der Waals surface area contributed by atoms with Crippen molar-refractivity contribution in [2.75, 3.05) is 26.3 Å². The van der Waals surface area contributed by atoms with E-state index >= 15 is 0 Å². The van der Waals surface area contributed by atoms with Crippen molar-refractivity contribution in [3.05, 3.63) is 28.0 Å². The Hall–Kier alpha value is -2.19. The van der Waals surface area contributed by atoms with Crippen LogP contribution in [0.25, 0.3) is 11.1 Å². The molecule has 2 aliphatic rings. The Morgan fingerprint density at radius 2 is 1.92 bits per heavy atom. The number of carbonyl (C=O) groups excluding carboxylic acids is 1. The van der Waals surface area contributed by atoms with Gasteiger partial charge in [0.1, 0.15) is 17.5 Å². The lowest BCUT2D eigenvalue weighted by Gasteiger charge is -2.37. The quantitative estimate of drug-likeness (QED) is 0.768. The first kappa shape index (κ1) is 15.3. The van der Waals surface area contributed by atoms with Gasteiger partial charge in [-0.3, -0.25) is 9.59 Å². The molecule has 8 nitrogen and oxygen atoms in total. The maximum absolute atomic E-state index is 13.0. The van der Waals surface area contributed by atoms with E-state index < -0.39 is 5.79 Å². The molecule has 0 radical (unpaired) electrons. The SMILES string of the molecule is Cc1oc2ncn(C)c(=O)c2c1C(=O)N1CCC2(CC1)OCCO2. The zero-order valence-electron chi connectivity index (χ0n) is 13.7. The molecule has 0 aromatic carbocycles. The van der Waals surface area contributed by atoms with Gasteiger partial charge in [-0.05, 0) is 6.92 Å². The summed E-state index contributed by atoms with van der Waals surface area (Å²) in [6, 6.07) is 0. The molecule has 0 bridgehead atoms. The van der Waals surface area contributed by atoms with Crippen molar-refractivity contribution in [1.29, 1.82) is 0 Å². The zero-order valence-corrected chi connectivity index (χ0v) is 13.7. The number of rotatable bonds is 1. The molecule has 0 saturated carbocycles. The van der Waals surface area contributed by atoms with Crippen LogP contribution in [0, 0.1) is 6.92 Å². The highest BCUT2D eigenvalue weighted by molar-refractivity contribution is 6.06. The molecule has 1 amide bonds. The van der Waals surface area contributed by atoms with Gasteiger partial charge in [0, 0.05) is 33.0 Å². The van der Waals surface area contributed by atoms with Gasteiger partial charge in [-0.2, -0.15) is 0 Å². The van der Waals surface area contributed by atoms with Gasteiger partial charge in [0.05, 0.1) is 18.8 Å². The van der Waals surface area contributed by atoms with Crippen molar-refractivity contribution in [3.63, 3.8) is 0 Å². The summed E-state index contributed by atoms with van der Waals surface area (Å²) in [4.78, 5) is 31.2. The Balaban J connectivity index is 1.66. The minimum Gasteiger partial charge on any atom is -0.442 e. The maximum Gasteiger partial charge on any atom is 0.265 e. The van der Waals surface area contributed by atoms with Crippen molar-refractivity contribution in [2.24, 2.45) is 7.05 Å². The van der Waals surface area contributed by atoms with E-state index in [0.29, 0.717) is 50.5 Å². The minimum atomic E-state index is -0.540. The summed E-state index contributed by atoms with van der Waals surface area (Å²) in [7, 11) is 1.60. The van der Waals surface area contributed by atoms with Crippen LogP contribution in [0.1, 0.15) is 29.0 Å². The van der Waals surface area contributed by atoms with Crippen molar-refractivity contribution in [2.45, 2.75) is 25.6 Å². The second-order valence-corrected chi connectivity index (χ2v) is 6.27. The van der Waals surface area contributed by atoms with E-state index in [1.54, 1.807) is 18.9 Å². The number of nitrogens with zero attached hydrogens (tertiary/aromatic N) is 3. The maximum atomic E-state index is 13.0. The summed E-state index contributed by atoms with van der Waals surface area (Å²) in [5.74, 6) is -0.328. The number of likely N-dealkylation sites (tertiary alicyclic amines) is 1. The van der Waals surface area contributed by atoms with Crippen molar-refractivity contribution in [1.82, 2.24) is 14.5 Å². The summed E-state index contributed by atoms with van der Waals surface area (Å²) in [5.41, 5.74) is 0.230. The van der Waals surface area contributed by atoms with Crippen molar-refractivity contribution >= 4 is 17.0 Å². The van der Waals surface area contributed by atoms with Gasteiger partial charge in [-0.25, -0.2) is 4.98 Å². The fourth-order valence-corrected chi connectivity index (χ4v) is 3.44. The Labute approximate surface area is 138 Å². The number of piperidine rings is 1. The summed E-state index contributed by atoms with van der Waals surface area (Å²) < 4.78 is 18.2. The molecule has 8 heteroatoms. The zero-order chi connectivity index (χ0) is 16.9. The van der Waals surface area contributed by atoms with Crippen molar-refractivity contribution < 1.29 is 18.7 Å². The van der Waals surface area contributed by atoms with E-state index in [2.05, 4.69) is 4.98 Å². The van der Waals surface area contributed by atoms with Crippen LogP contribution in [-0.4, -0.2) is 52.4 Å². The lowest BCUT2D eigenvalue weighted by molar-refractivity contribution is -0.181. The van der Waals surface area contributed by atoms with Gasteiger partial charge >= 0.3 is 0 Å². The molecule has 0 N–H and O–H groups in total. The Kier molecular flexibility index (Phi) is 3.47. The lowest BCUT2D eigenvalue weighted by Crippen LogP contribution is -2.47. The minimum absolute atomic E-state index is 0.204. The van der Waals surface area contributed by atoms with Crippen LogP contribution in [-0.2, 0) is 16.5 Å². The third kappa shape index (κ3) is 2.25. The van der Waals surface area contributed by atoms with Crippen LogP contribution in [0.4, 0.5) is 0 Å². The van der Waals surface area contributed by atoms with Crippen LogP contribution in [0.2, 0.25) is 0 Å². The largest absolute Gasteiger partial charge is 0.442 e. The molecule has 2 aromatic heterocycles. The van der Waals surface area contributed by atoms with Crippen LogP contribution < -0.4 is 5.56 Å². The van der Waals surface area contributed by atoms with Gasteiger partial charge in [0.25, 0.3) is 11.5 Å². The van der Waals surface area contributed by atoms with E-state index in [-0.39, 0.29) is 22.6 Å². The third-order valence-corrected chi connectivity index (χ3v) is 4.79. The number of furan rings is 1. The first-order valence-corrected chi connectivity index (χ1v) is 8.03. The smallest absolute Gasteiger partial charge is 0.265 e. The molecule has 0 unspecified atom stereocenters. The van der Waals surface area contributed by atoms with Gasteiger partial charge in [0.2, 0.25) is 5.71 Å². The fourth-order valence-electron chi connectivity index (χ4n) is 3.44. The molecule has 128 valence electrons. The second-order valence-electron chi connectivity index (χ2n) is 6.27. The highest BCUT2D eigenvalue weighted by Crippen LogP contribution is 2.32. The molecule has 4 heterocycles. The summed E-state index contributed by atoms with van der Waals surface area (Å²) in [5, 5.41) is 0.246. The number of ether oxygens (including phenoxy) is 2. The van der Waals surface area contributed by atoms with Gasteiger partial charge < -0.3 is 23.4 Å². The summed E-state index contributed by atoms with van der Waals surface area (Å²) in [6.45, 7) is 3.92. The van der Waals surface area contributed by atoms with E-state index in [9.17, 15) is 9.59 Å². The standard InChI is InChI=1S/C16H19N3O5/c1-10-11(12-13(24-10)17-9-18(2)14(12)20)15(21)19-5-3-16(4-6-19)22-7-8-23-16/h9H,3-8H2,1-2H3. The van der Waals surface area contributed by atoms with E-state index in [0.717, 1.165) is 0 Å². The summed E-state index contributed by atoms with van der Waals surface area (Å²) in [6.07, 6.45) is 2.65. The number of carbonyl (C=O) groups is 1. The Bertz CT molecular complexity index is 852. The molecule has 0 atom stereocenters. The second kappa shape index (κ2) is 5.42. The first-order chi connectivity index (χ1) is 11.5. The molecule has 4 rings (SSSR count). The molecule has 2 aliphatic heterocycles. The van der Waals surface area contributed by atoms with E-state index in [1.807, 2.05) is 0 Å². The molecule has 24 heavy (non-hydrogen) atoms. The lowest BCUT2D eigenvalue weighted by atomic mass is 10.0. The van der Waals surface area contributed by atoms with Gasteiger partial charge in [0.15, 0.2) is 5.79 Å². The molecule has 1 spiro atoms. The first-order valence-electron chi connectivity index (χ1n) is 8.03. The highest BCUT2D eigenvalue weighted by atomic mass is 16.7. The number of fused-ring (bicyclic) bond motifs is 1. The third-order valence-electron chi connectivity index (χ3n) is 4.79. The number of hydrogen-bond acceptors (Lipinski definition) is 6. The molecule has 2 fully saturated rings. The predicted molar refractivity (Wildman–Crippen MR) is 83.8 cm³/mol. The van der Waals surface area contributed by atoms with Crippen LogP contribution in [0.5, 0.6) is 0 Å². The summed E-state index contributed by atoms with van der Waals surface area (Å²) >= 11 is 0. The number of amides is 1. The molecular formula is C16H19N3O5. The van der Waals surface area contributed by atoms with Crippen LogP contribution in [0.3, 0.4) is 0 Å². The normalized spacial score (nSPS) is 20.2. The van der Waals surface area contributed by atoms with Gasteiger partial charge in [-0.1, -0.05) is 0 Å². The van der Waals surface area contributed by atoms with Gasteiger partial charge in [-0.15, -0.1) is 0 Å². The average molecular weight is 333 g/mol. The monoisotopic (exact) mass is 333 g/mol. The van der Waals surface area contributed by atoms with Crippen LogP contribution >= 0.6 is 0 Å². The molecular weight excluding hydrogens is 314 g/mol. The number of hydrogen-bond donors (Lipinski definition) is 0. The average Bonchev–Trinajstić information content (AvgIpc) is 3.16. The predicted octanol–water partition coefficient (Wildman–Crippen LogP) is 0.814. The van der Waals surface area contributed by atoms with E-state index in [4.69, 9.17) is 13.9 Å². The number of aromatic nitrogens is 2. The Morgan fingerprint density at radius 3 is 2.58 bits per heavy atom. The molecule has 0 aliphatic carbocycles. The van der Waals surface area contributed by atoms with Crippen LogP contribution in [0.15, 0.2) is 15.5 Å². The Morgan fingerprint density at radius 1 is 1.25 bits per heavy atom. The molecule has 2 saturated heterocycles.